The Labute approximate surface area is 202 Å². The van der Waals surface area contributed by atoms with E-state index in [1.54, 1.807) is 12.1 Å². The highest BCUT2D eigenvalue weighted by molar-refractivity contribution is 14.0. The number of guanidine groups is 1. The third-order valence-corrected chi connectivity index (χ3v) is 4.66. The third kappa shape index (κ3) is 11.6. The number of rotatable bonds is 10. The second kappa shape index (κ2) is 15.4. The number of aliphatic imine (C=N–C) groups is 1. The summed E-state index contributed by atoms with van der Waals surface area (Å²) in [5, 5.41) is 9.32. The van der Waals surface area contributed by atoms with E-state index in [9.17, 15) is 9.18 Å². The van der Waals surface area contributed by atoms with Crippen LogP contribution in [0.4, 0.5) is 4.39 Å². The number of hydrogen-bond acceptors (Lipinski definition) is 4. The molecule has 0 saturated carbocycles. The van der Waals surface area contributed by atoms with Gasteiger partial charge in [-0.2, -0.15) is 0 Å². The van der Waals surface area contributed by atoms with Crippen LogP contribution in [0.5, 0.6) is 0 Å². The minimum Gasteiger partial charge on any atom is -0.374 e. The van der Waals surface area contributed by atoms with Crippen LogP contribution in [0.15, 0.2) is 29.3 Å². The maximum atomic E-state index is 12.9. The maximum absolute atomic E-state index is 12.9. The molecule has 1 heterocycles. The van der Waals surface area contributed by atoms with Gasteiger partial charge in [0, 0.05) is 39.3 Å². The molecule has 1 aliphatic rings. The first-order valence-corrected chi connectivity index (χ1v) is 10.8. The topological polar surface area (TPSA) is 78.0 Å². The molecule has 1 amide bonds. The van der Waals surface area contributed by atoms with Gasteiger partial charge in [-0.05, 0) is 30.5 Å². The third-order valence-electron chi connectivity index (χ3n) is 4.66. The van der Waals surface area contributed by atoms with Gasteiger partial charge >= 0.3 is 0 Å². The molecule has 0 radical (unpaired) electrons. The molecule has 0 bridgehead atoms. The molecule has 1 aromatic rings. The molecule has 1 saturated heterocycles. The smallest absolute Gasteiger partial charge is 0.224 e. The van der Waals surface area contributed by atoms with Crippen molar-refractivity contribution in [3.63, 3.8) is 0 Å². The number of carbonyl (C=O) groups is 1. The van der Waals surface area contributed by atoms with Crippen LogP contribution < -0.4 is 16.0 Å². The van der Waals surface area contributed by atoms with E-state index in [0.717, 1.165) is 44.3 Å². The highest BCUT2D eigenvalue weighted by atomic mass is 127. The highest BCUT2D eigenvalue weighted by Crippen LogP contribution is 2.08. The first-order valence-electron chi connectivity index (χ1n) is 10.8. The summed E-state index contributed by atoms with van der Waals surface area (Å²) >= 11 is 0. The number of morpholine rings is 1. The van der Waals surface area contributed by atoms with E-state index in [0.29, 0.717) is 25.6 Å². The van der Waals surface area contributed by atoms with Gasteiger partial charge in [-0.3, -0.25) is 14.7 Å². The Morgan fingerprint density at radius 3 is 2.61 bits per heavy atom. The molecule has 9 heteroatoms. The van der Waals surface area contributed by atoms with Crippen LogP contribution in [-0.2, 0) is 16.0 Å². The van der Waals surface area contributed by atoms with E-state index in [2.05, 4.69) is 39.7 Å². The number of halogens is 2. The van der Waals surface area contributed by atoms with Gasteiger partial charge < -0.3 is 20.7 Å². The lowest BCUT2D eigenvalue weighted by Crippen LogP contribution is -2.46. The van der Waals surface area contributed by atoms with Crippen molar-refractivity contribution in [2.75, 3.05) is 52.4 Å². The molecule has 1 atom stereocenters. The van der Waals surface area contributed by atoms with Gasteiger partial charge in [-0.25, -0.2) is 4.39 Å². The number of benzene rings is 1. The molecule has 0 spiro atoms. The van der Waals surface area contributed by atoms with Crippen molar-refractivity contribution in [3.8, 4) is 0 Å². The standard InChI is InChI=1S/C22H36FN5O2.HI/c1-4-24-22(27-14-20-16-28(11-12-30-20)15-17(2)3)26-10-9-25-21(29)13-18-5-7-19(23)8-6-18;/h5-8,17,20H,4,9-16H2,1-3H3,(H,25,29)(H2,24,26,27);1H. The van der Waals surface area contributed by atoms with Crippen molar-refractivity contribution in [3.05, 3.63) is 35.6 Å². The number of amides is 1. The molecule has 0 aromatic heterocycles. The molecule has 2 rings (SSSR count). The Balaban J connectivity index is 0.00000480. The SMILES string of the molecule is CCNC(=NCC1CN(CC(C)C)CCO1)NCCNC(=O)Cc1ccc(F)cc1.I. The van der Waals surface area contributed by atoms with Crippen molar-refractivity contribution in [2.24, 2.45) is 10.9 Å². The van der Waals surface area contributed by atoms with Crippen molar-refractivity contribution in [2.45, 2.75) is 33.3 Å². The van der Waals surface area contributed by atoms with E-state index in [4.69, 9.17) is 4.74 Å². The summed E-state index contributed by atoms with van der Waals surface area (Å²) in [6.45, 7) is 12.6. The predicted molar refractivity (Wildman–Crippen MR) is 134 cm³/mol. The molecular formula is C22H37FIN5O2. The summed E-state index contributed by atoms with van der Waals surface area (Å²) in [5.74, 6) is 0.968. The zero-order valence-electron chi connectivity index (χ0n) is 18.8. The van der Waals surface area contributed by atoms with E-state index >= 15 is 0 Å². The lowest BCUT2D eigenvalue weighted by atomic mass is 10.1. The van der Waals surface area contributed by atoms with Crippen LogP contribution in [-0.4, -0.2) is 75.3 Å². The van der Waals surface area contributed by atoms with E-state index in [1.165, 1.54) is 12.1 Å². The van der Waals surface area contributed by atoms with Crippen LogP contribution >= 0.6 is 24.0 Å². The Hall–Kier alpha value is -1.46. The minimum atomic E-state index is -0.301. The van der Waals surface area contributed by atoms with E-state index in [1.807, 2.05) is 6.92 Å². The lowest BCUT2D eigenvalue weighted by Gasteiger charge is -2.33. The molecule has 3 N–H and O–H groups in total. The molecule has 1 unspecified atom stereocenters. The van der Waals surface area contributed by atoms with Crippen LogP contribution in [0, 0.1) is 11.7 Å². The molecule has 0 aliphatic carbocycles. The molecule has 176 valence electrons. The average molecular weight is 549 g/mol. The van der Waals surface area contributed by atoms with Crippen LogP contribution in [0.3, 0.4) is 0 Å². The van der Waals surface area contributed by atoms with Crippen molar-refractivity contribution in [1.82, 2.24) is 20.9 Å². The Bertz CT molecular complexity index is 672. The normalized spacial score (nSPS) is 17.2. The molecule has 7 nitrogen and oxygen atoms in total. The zero-order chi connectivity index (χ0) is 21.8. The summed E-state index contributed by atoms with van der Waals surface area (Å²) in [6, 6.07) is 5.97. The number of nitrogens with one attached hydrogen (secondary N) is 3. The van der Waals surface area contributed by atoms with Crippen LogP contribution in [0.1, 0.15) is 26.3 Å². The average Bonchev–Trinajstić information content (AvgIpc) is 2.71. The van der Waals surface area contributed by atoms with Crippen LogP contribution in [0.25, 0.3) is 0 Å². The molecule has 1 aliphatic heterocycles. The van der Waals surface area contributed by atoms with Gasteiger partial charge in [0.05, 0.1) is 25.7 Å². The van der Waals surface area contributed by atoms with Crippen LogP contribution in [0.2, 0.25) is 0 Å². The molecular weight excluding hydrogens is 512 g/mol. The van der Waals surface area contributed by atoms with Crippen molar-refractivity contribution >= 4 is 35.8 Å². The second-order valence-corrected chi connectivity index (χ2v) is 7.95. The summed E-state index contributed by atoms with van der Waals surface area (Å²) in [6.07, 6.45) is 0.337. The lowest BCUT2D eigenvalue weighted by molar-refractivity contribution is -0.120. The Kier molecular flexibility index (Phi) is 13.7. The first kappa shape index (κ1) is 27.6. The maximum Gasteiger partial charge on any atom is 0.224 e. The van der Waals surface area contributed by atoms with Gasteiger partial charge in [-0.1, -0.05) is 26.0 Å². The van der Waals surface area contributed by atoms with Crippen molar-refractivity contribution in [1.29, 1.82) is 0 Å². The monoisotopic (exact) mass is 549 g/mol. The fraction of sp³-hybridized carbons (Fsp3) is 0.636. The highest BCUT2D eigenvalue weighted by Gasteiger charge is 2.20. The fourth-order valence-electron chi connectivity index (χ4n) is 3.34. The first-order chi connectivity index (χ1) is 14.5. The largest absolute Gasteiger partial charge is 0.374 e. The Morgan fingerprint density at radius 1 is 1.23 bits per heavy atom. The fourth-order valence-corrected chi connectivity index (χ4v) is 3.34. The molecule has 31 heavy (non-hydrogen) atoms. The number of nitrogens with zero attached hydrogens (tertiary/aromatic N) is 2. The zero-order valence-corrected chi connectivity index (χ0v) is 21.2. The van der Waals surface area contributed by atoms with E-state index < -0.39 is 0 Å². The summed E-state index contributed by atoms with van der Waals surface area (Å²) in [5.41, 5.74) is 0.788. The molecule has 1 fully saturated rings. The quantitative estimate of drug-likeness (QED) is 0.180. The van der Waals surface area contributed by atoms with Gasteiger partial charge in [-0.15, -0.1) is 24.0 Å². The van der Waals surface area contributed by atoms with Gasteiger partial charge in [0.25, 0.3) is 0 Å². The summed E-state index contributed by atoms with van der Waals surface area (Å²) in [4.78, 5) is 19.1. The second-order valence-electron chi connectivity index (χ2n) is 7.95. The van der Waals surface area contributed by atoms with Gasteiger partial charge in [0.15, 0.2) is 5.96 Å². The molecule has 1 aromatic carbocycles. The predicted octanol–water partition coefficient (Wildman–Crippen LogP) is 2.01. The summed E-state index contributed by atoms with van der Waals surface area (Å²) < 4.78 is 18.8. The number of carbonyl (C=O) groups excluding carboxylic acids is 1. The van der Waals surface area contributed by atoms with Gasteiger partial charge in [0.2, 0.25) is 5.91 Å². The number of hydrogen-bond donors (Lipinski definition) is 3. The van der Waals surface area contributed by atoms with E-state index in [-0.39, 0.29) is 48.2 Å². The Morgan fingerprint density at radius 2 is 1.94 bits per heavy atom. The number of ether oxygens (including phenoxy) is 1. The van der Waals surface area contributed by atoms with Crippen molar-refractivity contribution < 1.29 is 13.9 Å². The minimum absolute atomic E-state index is 0. The van der Waals surface area contributed by atoms with Gasteiger partial charge in [0.1, 0.15) is 5.82 Å². The summed E-state index contributed by atoms with van der Waals surface area (Å²) in [7, 11) is 0.